The lowest BCUT2D eigenvalue weighted by molar-refractivity contribution is -0.140. The first kappa shape index (κ1) is 30.4. The van der Waals surface area contributed by atoms with Crippen LogP contribution in [0.5, 0.6) is 0 Å². The molecule has 7 nitrogen and oxygen atoms in total. The van der Waals surface area contributed by atoms with Gasteiger partial charge in [-0.1, -0.05) is 78.7 Å². The Bertz CT molecular complexity index is 1390. The number of nitrogens with zero attached hydrogens (tertiary/aromatic N) is 2. The monoisotopic (exact) mass is 593 g/mol. The van der Waals surface area contributed by atoms with Crippen molar-refractivity contribution in [1.29, 1.82) is 0 Å². The third-order valence-corrected chi connectivity index (χ3v) is 7.90. The maximum absolute atomic E-state index is 13.9. The molecule has 1 N–H and O–H groups in total. The molecule has 0 spiro atoms. The first-order chi connectivity index (χ1) is 18.5. The van der Waals surface area contributed by atoms with Crippen LogP contribution in [0.2, 0.25) is 10.0 Å². The number of sulfonamides is 1. The first-order valence-corrected chi connectivity index (χ1v) is 14.9. The number of hydrogen-bond donors (Lipinski definition) is 1. The number of nitrogens with one attached hydrogen (secondary N) is 1. The van der Waals surface area contributed by atoms with Crippen LogP contribution in [-0.4, -0.2) is 50.5 Å². The minimum absolute atomic E-state index is 0.0241. The predicted octanol–water partition coefficient (Wildman–Crippen LogP) is 5.06. The van der Waals surface area contributed by atoms with Crippen LogP contribution in [0.15, 0.2) is 72.8 Å². The molecule has 0 heterocycles. The van der Waals surface area contributed by atoms with Crippen LogP contribution in [-0.2, 0) is 32.6 Å². The van der Waals surface area contributed by atoms with Crippen LogP contribution in [0.25, 0.3) is 0 Å². The Morgan fingerprint density at radius 2 is 1.62 bits per heavy atom. The van der Waals surface area contributed by atoms with Gasteiger partial charge in [-0.15, -0.1) is 0 Å². The van der Waals surface area contributed by atoms with Crippen LogP contribution in [0.3, 0.4) is 0 Å². The molecule has 39 heavy (non-hydrogen) atoms. The van der Waals surface area contributed by atoms with Gasteiger partial charge in [0.15, 0.2) is 0 Å². The van der Waals surface area contributed by atoms with Gasteiger partial charge >= 0.3 is 0 Å². The van der Waals surface area contributed by atoms with Gasteiger partial charge < -0.3 is 10.2 Å². The Morgan fingerprint density at radius 3 is 2.23 bits per heavy atom. The fourth-order valence-corrected chi connectivity index (χ4v) is 5.29. The predicted molar refractivity (Wildman–Crippen MR) is 153 cm³/mol. The van der Waals surface area contributed by atoms with Gasteiger partial charge in [-0.2, -0.15) is 0 Å². The summed E-state index contributed by atoms with van der Waals surface area (Å²) in [5.74, 6) is -1.48. The molecule has 0 aromatic heterocycles. The molecule has 1 atom stereocenters. The summed E-state index contributed by atoms with van der Waals surface area (Å²) in [6, 6.07) is 18.2. The van der Waals surface area contributed by atoms with Gasteiger partial charge in [0.25, 0.3) is 0 Å². The molecule has 208 valence electrons. The van der Waals surface area contributed by atoms with Crippen molar-refractivity contribution in [2.45, 2.75) is 32.4 Å². The molecular formula is C28H30Cl2FN3O4S. The lowest BCUT2D eigenvalue weighted by Crippen LogP contribution is -2.53. The summed E-state index contributed by atoms with van der Waals surface area (Å²) in [4.78, 5) is 28.7. The van der Waals surface area contributed by atoms with Gasteiger partial charge in [0.1, 0.15) is 18.4 Å². The van der Waals surface area contributed by atoms with E-state index in [1.807, 2.05) is 37.3 Å². The Balaban J connectivity index is 2.06. The molecule has 0 aliphatic carbocycles. The van der Waals surface area contributed by atoms with Crippen molar-refractivity contribution in [3.63, 3.8) is 0 Å². The molecule has 11 heteroatoms. The molecule has 0 bridgehead atoms. The molecule has 1 unspecified atom stereocenters. The highest BCUT2D eigenvalue weighted by Crippen LogP contribution is 2.33. The lowest BCUT2D eigenvalue weighted by atomic mass is 10.0. The molecule has 0 aliphatic heterocycles. The number of benzene rings is 3. The second-order valence-electron chi connectivity index (χ2n) is 8.99. The fraction of sp³-hybridized carbons (Fsp3) is 0.286. The molecule has 3 rings (SSSR count). The summed E-state index contributed by atoms with van der Waals surface area (Å²) in [5.41, 5.74) is 1.42. The van der Waals surface area contributed by atoms with Crippen molar-refractivity contribution >= 4 is 50.7 Å². The van der Waals surface area contributed by atoms with Crippen molar-refractivity contribution in [2.24, 2.45) is 0 Å². The van der Waals surface area contributed by atoms with Gasteiger partial charge in [-0.05, 0) is 41.8 Å². The zero-order valence-corrected chi connectivity index (χ0v) is 23.9. The minimum atomic E-state index is -3.99. The average molecular weight is 595 g/mol. The quantitative estimate of drug-likeness (QED) is 0.318. The number of halogens is 3. The standard InChI is InChI=1S/C28H30Cl2FN3O4S/c1-3-16-32-28(36)25(17-20-8-5-4-6-9-20)33(18-21-12-14-22(31)15-13-21)26(35)19-34(39(2,37)38)24-11-7-10-23(29)27(24)30/h4-15,25H,3,16-19H2,1-2H3,(H,32,36). The summed E-state index contributed by atoms with van der Waals surface area (Å²) >= 11 is 12.4. The topological polar surface area (TPSA) is 86.8 Å². The molecular weight excluding hydrogens is 564 g/mol. The third kappa shape index (κ3) is 8.42. The van der Waals surface area contributed by atoms with Gasteiger partial charge in [0.05, 0.1) is 22.0 Å². The normalized spacial score (nSPS) is 12.0. The molecule has 3 aromatic carbocycles. The molecule has 3 aromatic rings. The molecule has 0 radical (unpaired) electrons. The summed E-state index contributed by atoms with van der Waals surface area (Å²) in [5, 5.41) is 2.95. The number of rotatable bonds is 12. The number of hydrogen-bond acceptors (Lipinski definition) is 4. The zero-order chi connectivity index (χ0) is 28.6. The smallest absolute Gasteiger partial charge is 0.244 e. The Kier molecular flexibility index (Phi) is 10.7. The van der Waals surface area contributed by atoms with E-state index < -0.39 is 34.3 Å². The van der Waals surface area contributed by atoms with Crippen LogP contribution in [0.4, 0.5) is 10.1 Å². The maximum atomic E-state index is 13.9. The van der Waals surface area contributed by atoms with Crippen LogP contribution < -0.4 is 9.62 Å². The van der Waals surface area contributed by atoms with Crippen LogP contribution in [0.1, 0.15) is 24.5 Å². The minimum Gasteiger partial charge on any atom is -0.354 e. The fourth-order valence-electron chi connectivity index (χ4n) is 3.99. The van der Waals surface area contributed by atoms with Crippen LogP contribution in [0, 0.1) is 5.82 Å². The molecule has 0 saturated carbocycles. The second-order valence-corrected chi connectivity index (χ2v) is 11.7. The van der Waals surface area contributed by atoms with E-state index in [4.69, 9.17) is 23.2 Å². The van der Waals surface area contributed by atoms with Crippen LogP contribution >= 0.6 is 23.2 Å². The van der Waals surface area contributed by atoms with Crippen molar-refractivity contribution in [3.8, 4) is 0 Å². The Hall–Kier alpha value is -3.14. The summed E-state index contributed by atoms with van der Waals surface area (Å²) in [6.45, 7) is 1.62. The van der Waals surface area contributed by atoms with E-state index in [1.54, 1.807) is 0 Å². The van der Waals surface area contributed by atoms with E-state index >= 15 is 0 Å². The number of carbonyl (C=O) groups is 2. The third-order valence-electron chi connectivity index (χ3n) is 5.97. The number of amides is 2. The van der Waals surface area contributed by atoms with Crippen molar-refractivity contribution in [3.05, 3.63) is 99.8 Å². The van der Waals surface area contributed by atoms with E-state index in [0.717, 1.165) is 16.1 Å². The molecule has 0 saturated heterocycles. The Labute approximate surface area is 238 Å². The molecule has 0 aliphatic rings. The SMILES string of the molecule is CCCNC(=O)C(Cc1ccccc1)N(Cc1ccc(F)cc1)C(=O)CN(c1cccc(Cl)c1Cl)S(C)(=O)=O. The molecule has 2 amide bonds. The van der Waals surface area contributed by atoms with E-state index in [9.17, 15) is 22.4 Å². The van der Waals surface area contributed by atoms with E-state index in [-0.39, 0.29) is 34.6 Å². The number of carbonyl (C=O) groups excluding carboxylic acids is 2. The van der Waals surface area contributed by atoms with Crippen molar-refractivity contribution in [2.75, 3.05) is 23.7 Å². The first-order valence-electron chi connectivity index (χ1n) is 12.3. The highest BCUT2D eigenvalue weighted by atomic mass is 35.5. The second kappa shape index (κ2) is 13.8. The lowest BCUT2D eigenvalue weighted by Gasteiger charge is -2.33. The highest BCUT2D eigenvalue weighted by Gasteiger charge is 2.33. The van der Waals surface area contributed by atoms with Gasteiger partial charge in [-0.3, -0.25) is 13.9 Å². The van der Waals surface area contributed by atoms with Gasteiger partial charge in [0, 0.05) is 19.5 Å². The largest absolute Gasteiger partial charge is 0.354 e. The van der Waals surface area contributed by atoms with Gasteiger partial charge in [-0.25, -0.2) is 12.8 Å². The van der Waals surface area contributed by atoms with E-state index in [0.29, 0.717) is 18.5 Å². The van der Waals surface area contributed by atoms with Gasteiger partial charge in [0.2, 0.25) is 21.8 Å². The summed E-state index contributed by atoms with van der Waals surface area (Å²) < 4.78 is 40.1. The average Bonchev–Trinajstić information content (AvgIpc) is 2.90. The molecule has 0 fully saturated rings. The maximum Gasteiger partial charge on any atom is 0.244 e. The zero-order valence-electron chi connectivity index (χ0n) is 21.6. The summed E-state index contributed by atoms with van der Waals surface area (Å²) in [7, 11) is -3.99. The van der Waals surface area contributed by atoms with E-state index in [1.165, 1.54) is 47.4 Å². The Morgan fingerprint density at radius 1 is 0.949 bits per heavy atom. The number of anilines is 1. The summed E-state index contributed by atoms with van der Waals surface area (Å²) in [6.07, 6.45) is 1.82. The van der Waals surface area contributed by atoms with Crippen molar-refractivity contribution in [1.82, 2.24) is 10.2 Å². The highest BCUT2D eigenvalue weighted by molar-refractivity contribution is 7.92. The van der Waals surface area contributed by atoms with E-state index in [2.05, 4.69) is 5.32 Å². The van der Waals surface area contributed by atoms with Crippen molar-refractivity contribution < 1.29 is 22.4 Å².